The van der Waals surface area contributed by atoms with E-state index in [9.17, 15) is 13.2 Å². The number of halogens is 4. The van der Waals surface area contributed by atoms with Gasteiger partial charge in [-0.25, -0.2) is 0 Å². The van der Waals surface area contributed by atoms with Crippen molar-refractivity contribution < 1.29 is 13.2 Å². The van der Waals surface area contributed by atoms with Crippen LogP contribution in [-0.4, -0.2) is 10.2 Å². The lowest BCUT2D eigenvalue weighted by Crippen LogP contribution is -2.12. The van der Waals surface area contributed by atoms with E-state index in [4.69, 9.17) is 11.6 Å². The zero-order valence-corrected chi connectivity index (χ0v) is 11.2. The number of aromatic nitrogens is 2. The molecule has 0 amide bonds. The molecular weight excluding hydrogens is 291 g/mol. The molecule has 0 saturated heterocycles. The fourth-order valence-electron chi connectivity index (χ4n) is 1.62. The predicted molar refractivity (Wildman–Crippen MR) is 70.5 cm³/mol. The molecule has 1 aromatic carbocycles. The Morgan fingerprint density at radius 3 is 2.20 bits per heavy atom. The molecule has 0 radical (unpaired) electrons. The van der Waals surface area contributed by atoms with E-state index >= 15 is 0 Å². The third-order valence-electron chi connectivity index (χ3n) is 2.69. The molecule has 0 fully saturated rings. The summed E-state index contributed by atoms with van der Waals surface area (Å²) in [6.07, 6.45) is -4.48. The summed E-state index contributed by atoms with van der Waals surface area (Å²) < 4.78 is 37.0. The number of benzene rings is 1. The summed E-state index contributed by atoms with van der Waals surface area (Å²) >= 11 is 5.79. The van der Waals surface area contributed by atoms with Gasteiger partial charge in [0.05, 0.1) is 6.04 Å². The van der Waals surface area contributed by atoms with Gasteiger partial charge in [0, 0.05) is 5.02 Å². The molecule has 0 saturated carbocycles. The van der Waals surface area contributed by atoms with Gasteiger partial charge in [0.2, 0.25) is 0 Å². The lowest BCUT2D eigenvalue weighted by atomic mass is 10.1. The van der Waals surface area contributed by atoms with Gasteiger partial charge in [-0.2, -0.15) is 13.2 Å². The Kier molecular flexibility index (Phi) is 4.13. The van der Waals surface area contributed by atoms with Crippen LogP contribution in [0, 0.1) is 0 Å². The van der Waals surface area contributed by atoms with E-state index < -0.39 is 11.9 Å². The number of alkyl halides is 3. The maximum absolute atomic E-state index is 12.3. The molecule has 0 aliphatic rings. The molecule has 3 nitrogen and oxygen atoms in total. The highest BCUT2D eigenvalue weighted by Crippen LogP contribution is 2.27. The van der Waals surface area contributed by atoms with Crippen molar-refractivity contribution in [2.24, 2.45) is 0 Å². The Labute approximate surface area is 118 Å². The number of nitrogens with one attached hydrogen (secondary N) is 1. The quantitative estimate of drug-likeness (QED) is 0.917. The number of hydrogen-bond donors (Lipinski definition) is 1. The molecule has 20 heavy (non-hydrogen) atoms. The van der Waals surface area contributed by atoms with Crippen LogP contribution in [-0.2, 0) is 6.18 Å². The fourth-order valence-corrected chi connectivity index (χ4v) is 1.74. The van der Waals surface area contributed by atoms with E-state index in [2.05, 4.69) is 15.5 Å². The molecule has 7 heteroatoms. The first kappa shape index (κ1) is 14.6. The summed E-state index contributed by atoms with van der Waals surface area (Å²) in [7, 11) is 0. The average molecular weight is 302 g/mol. The molecule has 2 rings (SSSR count). The minimum Gasteiger partial charge on any atom is -0.362 e. The SMILES string of the molecule is CC(Nc1ccc(C(F)(F)F)nn1)c1ccc(Cl)cc1. The Morgan fingerprint density at radius 2 is 1.70 bits per heavy atom. The summed E-state index contributed by atoms with van der Waals surface area (Å²) in [5.41, 5.74) is -0.0710. The predicted octanol–water partition coefficient (Wildman–Crippen LogP) is 4.32. The van der Waals surface area contributed by atoms with Crippen LogP contribution in [0.1, 0.15) is 24.2 Å². The van der Waals surface area contributed by atoms with Crippen LogP contribution in [0.3, 0.4) is 0 Å². The van der Waals surface area contributed by atoms with E-state index in [-0.39, 0.29) is 11.9 Å². The lowest BCUT2D eigenvalue weighted by Gasteiger charge is -2.15. The average Bonchev–Trinajstić information content (AvgIpc) is 2.39. The largest absolute Gasteiger partial charge is 0.435 e. The first-order chi connectivity index (χ1) is 9.36. The topological polar surface area (TPSA) is 37.8 Å². The van der Waals surface area contributed by atoms with E-state index in [1.165, 1.54) is 6.07 Å². The molecule has 1 atom stereocenters. The van der Waals surface area contributed by atoms with Crippen molar-refractivity contribution >= 4 is 17.4 Å². The molecule has 1 unspecified atom stereocenters. The van der Waals surface area contributed by atoms with E-state index in [0.717, 1.165) is 11.6 Å². The van der Waals surface area contributed by atoms with Gasteiger partial charge in [0.15, 0.2) is 5.69 Å². The maximum Gasteiger partial charge on any atom is 0.435 e. The molecule has 0 aliphatic carbocycles. The Hall–Kier alpha value is -1.82. The van der Waals surface area contributed by atoms with Crippen LogP contribution < -0.4 is 5.32 Å². The van der Waals surface area contributed by atoms with Crippen molar-refractivity contribution in [3.63, 3.8) is 0 Å². The van der Waals surface area contributed by atoms with E-state index in [1.54, 1.807) is 12.1 Å². The van der Waals surface area contributed by atoms with Crippen molar-refractivity contribution in [3.05, 3.63) is 52.7 Å². The third-order valence-corrected chi connectivity index (χ3v) is 2.94. The zero-order chi connectivity index (χ0) is 14.8. The highest BCUT2D eigenvalue weighted by atomic mass is 35.5. The van der Waals surface area contributed by atoms with Crippen LogP contribution in [0.25, 0.3) is 0 Å². The number of hydrogen-bond acceptors (Lipinski definition) is 3. The highest BCUT2D eigenvalue weighted by molar-refractivity contribution is 6.30. The Bertz CT molecular complexity index is 567. The smallest absolute Gasteiger partial charge is 0.362 e. The minimum atomic E-state index is -4.48. The Morgan fingerprint density at radius 1 is 1.05 bits per heavy atom. The van der Waals surface area contributed by atoms with Gasteiger partial charge in [0.25, 0.3) is 0 Å². The first-order valence-corrected chi connectivity index (χ1v) is 6.17. The number of rotatable bonds is 3. The van der Waals surface area contributed by atoms with Crippen molar-refractivity contribution in [3.8, 4) is 0 Å². The molecule has 1 aromatic heterocycles. The molecule has 0 spiro atoms. The molecule has 1 N–H and O–H groups in total. The van der Waals surface area contributed by atoms with Crippen molar-refractivity contribution in [1.29, 1.82) is 0 Å². The molecule has 0 bridgehead atoms. The van der Waals surface area contributed by atoms with Crippen LogP contribution in [0.2, 0.25) is 5.02 Å². The summed E-state index contributed by atoms with van der Waals surface area (Å²) in [6, 6.07) is 9.17. The minimum absolute atomic E-state index is 0.127. The highest BCUT2D eigenvalue weighted by Gasteiger charge is 2.32. The van der Waals surface area contributed by atoms with Crippen molar-refractivity contribution in [2.45, 2.75) is 19.1 Å². The summed E-state index contributed by atoms with van der Waals surface area (Å²) in [4.78, 5) is 0. The summed E-state index contributed by atoms with van der Waals surface area (Å²) in [6.45, 7) is 1.86. The maximum atomic E-state index is 12.3. The molecule has 106 valence electrons. The van der Waals surface area contributed by atoms with Gasteiger partial charge >= 0.3 is 6.18 Å². The first-order valence-electron chi connectivity index (χ1n) is 5.79. The van der Waals surface area contributed by atoms with E-state index in [0.29, 0.717) is 5.02 Å². The lowest BCUT2D eigenvalue weighted by molar-refractivity contribution is -0.141. The molecule has 1 heterocycles. The number of anilines is 1. The van der Waals surface area contributed by atoms with E-state index in [1.807, 2.05) is 19.1 Å². The summed E-state index contributed by atoms with van der Waals surface area (Å²) in [5, 5.41) is 10.3. The standard InChI is InChI=1S/C13H11ClF3N3/c1-8(9-2-4-10(14)5-3-9)18-12-7-6-11(19-20-12)13(15,16)17/h2-8H,1H3,(H,18,20). The number of nitrogens with zero attached hydrogens (tertiary/aromatic N) is 2. The summed E-state index contributed by atoms with van der Waals surface area (Å²) in [5.74, 6) is 0.278. The van der Waals surface area contributed by atoms with Crippen molar-refractivity contribution in [2.75, 3.05) is 5.32 Å². The third kappa shape index (κ3) is 3.60. The normalized spacial score (nSPS) is 13.1. The van der Waals surface area contributed by atoms with Crippen LogP contribution in [0.15, 0.2) is 36.4 Å². The second-order valence-electron chi connectivity index (χ2n) is 4.22. The molecular formula is C13H11ClF3N3. The molecule has 2 aromatic rings. The van der Waals surface area contributed by atoms with Gasteiger partial charge in [-0.1, -0.05) is 23.7 Å². The monoisotopic (exact) mass is 301 g/mol. The van der Waals surface area contributed by atoms with Gasteiger partial charge in [-0.3, -0.25) is 0 Å². The van der Waals surface area contributed by atoms with Gasteiger partial charge in [-0.05, 0) is 36.8 Å². The Balaban J connectivity index is 2.08. The van der Waals surface area contributed by atoms with Crippen LogP contribution in [0.5, 0.6) is 0 Å². The van der Waals surface area contributed by atoms with Gasteiger partial charge in [-0.15, -0.1) is 10.2 Å². The second-order valence-corrected chi connectivity index (χ2v) is 4.66. The van der Waals surface area contributed by atoms with Crippen LogP contribution >= 0.6 is 11.6 Å². The zero-order valence-electron chi connectivity index (χ0n) is 10.4. The second kappa shape index (κ2) is 5.66. The van der Waals surface area contributed by atoms with Crippen LogP contribution in [0.4, 0.5) is 19.0 Å². The van der Waals surface area contributed by atoms with Gasteiger partial charge < -0.3 is 5.32 Å². The van der Waals surface area contributed by atoms with Gasteiger partial charge in [0.1, 0.15) is 5.82 Å². The fraction of sp³-hybridized carbons (Fsp3) is 0.231. The van der Waals surface area contributed by atoms with Crippen molar-refractivity contribution in [1.82, 2.24) is 10.2 Å². The molecule has 0 aliphatic heterocycles.